The molecule has 1 aromatic heterocycles. The third-order valence-corrected chi connectivity index (χ3v) is 3.71. The molecule has 1 heterocycles. The summed E-state index contributed by atoms with van der Waals surface area (Å²) in [4.78, 5) is 13.4. The van der Waals surface area contributed by atoms with Crippen molar-refractivity contribution in [2.45, 2.75) is 34.6 Å². The van der Waals surface area contributed by atoms with Crippen molar-refractivity contribution in [3.05, 3.63) is 41.5 Å². The number of likely N-dealkylation sites (N-methyl/N-ethyl adjacent to an activating group) is 1. The Bertz CT molecular complexity index is 692. The maximum atomic E-state index is 11.1. The molecule has 1 amide bonds. The van der Waals surface area contributed by atoms with Gasteiger partial charge in [0.25, 0.3) is 5.91 Å². The third-order valence-electron chi connectivity index (χ3n) is 3.71. The summed E-state index contributed by atoms with van der Waals surface area (Å²) in [5.41, 5.74) is 3.67. The minimum Gasteiger partial charge on any atom is -0.305 e. The molecule has 0 saturated heterocycles. The van der Waals surface area contributed by atoms with E-state index in [-0.39, 0.29) is 5.41 Å². The molecule has 0 aliphatic carbocycles. The smallest absolute Gasteiger partial charge is 0.267 e. The number of hydroxylamine groups is 1. The Balaban J connectivity index is 3.23. The van der Waals surface area contributed by atoms with E-state index in [2.05, 4.69) is 45.6 Å². The standard InChI is InChI=1S/C19H30N4O2/c1-6-22(7-2)14-16(13-19(3,4)5)23-11-10-15(12-17(23)20)8-9-18(24)21-25/h8-13,20,25H,6-7,14H2,1-5H3,(H,21,24)/b9-8+,16-13+,20-17?. The summed E-state index contributed by atoms with van der Waals surface area (Å²) in [6.07, 6.45) is 6.82. The van der Waals surface area contributed by atoms with E-state index in [4.69, 9.17) is 10.6 Å². The fourth-order valence-electron chi connectivity index (χ4n) is 2.45. The number of pyridine rings is 1. The molecule has 0 radical (unpaired) electrons. The predicted molar refractivity (Wildman–Crippen MR) is 101 cm³/mol. The van der Waals surface area contributed by atoms with E-state index in [1.165, 1.54) is 6.08 Å². The zero-order chi connectivity index (χ0) is 19.0. The molecule has 0 fully saturated rings. The Morgan fingerprint density at radius 2 is 2.00 bits per heavy atom. The molecule has 3 N–H and O–H groups in total. The van der Waals surface area contributed by atoms with E-state index < -0.39 is 5.91 Å². The second-order valence-corrected chi connectivity index (χ2v) is 6.99. The van der Waals surface area contributed by atoms with Crippen molar-refractivity contribution in [2.75, 3.05) is 19.6 Å². The number of hydrogen-bond donors (Lipinski definition) is 3. The lowest BCUT2D eigenvalue weighted by molar-refractivity contribution is -0.124. The summed E-state index contributed by atoms with van der Waals surface area (Å²) in [5, 5.41) is 16.9. The first-order chi connectivity index (χ1) is 11.7. The fraction of sp³-hybridized carbons (Fsp3) is 0.474. The Labute approximate surface area is 149 Å². The van der Waals surface area contributed by atoms with Gasteiger partial charge in [0.2, 0.25) is 0 Å². The van der Waals surface area contributed by atoms with Crippen LogP contribution in [-0.4, -0.2) is 40.2 Å². The first kappa shape index (κ1) is 20.9. The van der Waals surface area contributed by atoms with E-state index in [1.54, 1.807) is 17.6 Å². The average molecular weight is 346 g/mol. The van der Waals surface area contributed by atoms with E-state index in [0.717, 1.165) is 30.9 Å². The average Bonchev–Trinajstić information content (AvgIpc) is 2.55. The van der Waals surface area contributed by atoms with Crippen LogP contribution >= 0.6 is 0 Å². The zero-order valence-corrected chi connectivity index (χ0v) is 15.8. The summed E-state index contributed by atoms with van der Waals surface area (Å²) in [7, 11) is 0. The molecule has 6 nitrogen and oxygen atoms in total. The highest BCUT2D eigenvalue weighted by atomic mass is 16.5. The molecule has 0 spiro atoms. The quantitative estimate of drug-likeness (QED) is 0.403. The number of carbonyl (C=O) groups is 1. The van der Waals surface area contributed by atoms with Crippen LogP contribution in [0, 0.1) is 10.8 Å². The first-order valence-electron chi connectivity index (χ1n) is 8.54. The molecule has 0 bridgehead atoms. The topological polar surface area (TPSA) is 81.3 Å². The van der Waals surface area contributed by atoms with Crippen LogP contribution in [0.15, 0.2) is 30.5 Å². The molecule has 1 rings (SSSR count). The van der Waals surface area contributed by atoms with Crippen molar-refractivity contribution in [1.29, 1.82) is 5.41 Å². The molecule has 0 unspecified atom stereocenters. The van der Waals surface area contributed by atoms with E-state index in [1.807, 2.05) is 16.8 Å². The maximum absolute atomic E-state index is 11.1. The number of hydrogen-bond acceptors (Lipinski definition) is 4. The molecule has 0 atom stereocenters. The molecule has 0 aromatic carbocycles. The molecule has 6 heteroatoms. The van der Waals surface area contributed by atoms with Gasteiger partial charge in [-0.2, -0.15) is 0 Å². The molecule has 0 saturated carbocycles. The Kier molecular flexibility index (Phi) is 7.80. The van der Waals surface area contributed by atoms with Gasteiger partial charge < -0.3 is 4.57 Å². The van der Waals surface area contributed by atoms with Crippen molar-refractivity contribution in [1.82, 2.24) is 14.9 Å². The van der Waals surface area contributed by atoms with Gasteiger partial charge in [0.15, 0.2) is 0 Å². The molecule has 138 valence electrons. The van der Waals surface area contributed by atoms with Gasteiger partial charge in [-0.25, -0.2) is 5.48 Å². The molecular weight excluding hydrogens is 316 g/mol. The van der Waals surface area contributed by atoms with Crippen LogP contribution in [-0.2, 0) is 4.79 Å². The number of amides is 1. The van der Waals surface area contributed by atoms with E-state index in [9.17, 15) is 4.79 Å². The summed E-state index contributed by atoms with van der Waals surface area (Å²) < 4.78 is 1.87. The van der Waals surface area contributed by atoms with Gasteiger partial charge in [-0.1, -0.05) is 40.7 Å². The van der Waals surface area contributed by atoms with Crippen molar-refractivity contribution in [3.8, 4) is 0 Å². The monoisotopic (exact) mass is 346 g/mol. The minimum atomic E-state index is -0.599. The lowest BCUT2D eigenvalue weighted by Gasteiger charge is -2.24. The normalized spacial score (nSPS) is 12.8. The van der Waals surface area contributed by atoms with Gasteiger partial charge in [0, 0.05) is 24.5 Å². The molecular formula is C19H30N4O2. The molecule has 1 aromatic rings. The lowest BCUT2D eigenvalue weighted by atomic mass is 9.95. The maximum Gasteiger partial charge on any atom is 0.267 e. The number of nitrogens with one attached hydrogen (secondary N) is 2. The van der Waals surface area contributed by atoms with Gasteiger partial charge in [0.1, 0.15) is 5.49 Å². The summed E-state index contributed by atoms with van der Waals surface area (Å²) in [6, 6.07) is 3.54. The number of nitrogens with zero attached hydrogens (tertiary/aromatic N) is 2. The van der Waals surface area contributed by atoms with Crippen molar-refractivity contribution in [3.63, 3.8) is 0 Å². The van der Waals surface area contributed by atoms with Crippen molar-refractivity contribution >= 4 is 17.7 Å². The second-order valence-electron chi connectivity index (χ2n) is 6.99. The molecule has 25 heavy (non-hydrogen) atoms. The predicted octanol–water partition coefficient (Wildman–Crippen LogP) is 2.71. The minimum absolute atomic E-state index is 0.000283. The lowest BCUT2D eigenvalue weighted by Crippen LogP contribution is -2.30. The van der Waals surface area contributed by atoms with Gasteiger partial charge in [-0.3, -0.25) is 20.3 Å². The van der Waals surface area contributed by atoms with Gasteiger partial charge in [0.05, 0.1) is 0 Å². The fourth-order valence-corrected chi connectivity index (χ4v) is 2.45. The zero-order valence-electron chi connectivity index (χ0n) is 15.8. The molecule has 0 aliphatic heterocycles. The van der Waals surface area contributed by atoms with Crippen LogP contribution in [0.1, 0.15) is 40.2 Å². The van der Waals surface area contributed by atoms with Crippen LogP contribution in [0.3, 0.4) is 0 Å². The van der Waals surface area contributed by atoms with E-state index in [0.29, 0.717) is 5.49 Å². The van der Waals surface area contributed by atoms with Crippen LogP contribution in [0.25, 0.3) is 11.8 Å². The highest BCUT2D eigenvalue weighted by Gasteiger charge is 2.13. The highest BCUT2D eigenvalue weighted by Crippen LogP contribution is 2.20. The molecule has 0 aliphatic rings. The summed E-state index contributed by atoms with van der Waals surface area (Å²) in [5.74, 6) is -0.599. The Hall–Kier alpha value is -2.18. The highest BCUT2D eigenvalue weighted by molar-refractivity contribution is 5.90. The number of aromatic nitrogens is 1. The second kappa shape index (κ2) is 9.34. The summed E-state index contributed by atoms with van der Waals surface area (Å²) >= 11 is 0. The Morgan fingerprint density at radius 3 is 2.48 bits per heavy atom. The third kappa shape index (κ3) is 7.07. The summed E-state index contributed by atoms with van der Waals surface area (Å²) in [6.45, 7) is 13.3. The number of allylic oxidation sites excluding steroid dienone is 1. The number of rotatable bonds is 7. The van der Waals surface area contributed by atoms with Crippen LogP contribution in [0.5, 0.6) is 0 Å². The largest absolute Gasteiger partial charge is 0.305 e. The van der Waals surface area contributed by atoms with Crippen molar-refractivity contribution in [2.24, 2.45) is 5.41 Å². The van der Waals surface area contributed by atoms with Gasteiger partial charge >= 0.3 is 0 Å². The van der Waals surface area contributed by atoms with Gasteiger partial charge in [-0.15, -0.1) is 0 Å². The Morgan fingerprint density at radius 1 is 1.36 bits per heavy atom. The SMILES string of the molecule is CCN(CC)C/C(=C\C(C)(C)C)n1ccc(/C=C/C(=O)NO)cc1=N. The van der Waals surface area contributed by atoms with E-state index >= 15 is 0 Å². The first-order valence-corrected chi connectivity index (χ1v) is 8.54. The van der Waals surface area contributed by atoms with Crippen LogP contribution in [0.4, 0.5) is 0 Å². The van der Waals surface area contributed by atoms with Gasteiger partial charge in [-0.05, 0) is 42.3 Å². The number of carbonyl (C=O) groups excluding carboxylic acids is 1. The van der Waals surface area contributed by atoms with Crippen LogP contribution in [0.2, 0.25) is 0 Å². The van der Waals surface area contributed by atoms with Crippen LogP contribution < -0.4 is 11.0 Å². The van der Waals surface area contributed by atoms with Crippen molar-refractivity contribution < 1.29 is 10.0 Å².